The van der Waals surface area contributed by atoms with Crippen molar-refractivity contribution in [2.45, 2.75) is 25.4 Å². The Hall–Kier alpha value is -3.58. The number of amides is 4. The van der Waals surface area contributed by atoms with Crippen molar-refractivity contribution in [2.75, 3.05) is 18.4 Å². The van der Waals surface area contributed by atoms with Crippen molar-refractivity contribution in [3.05, 3.63) is 41.5 Å². The number of hydrogen-bond acceptors (Lipinski definition) is 6. The van der Waals surface area contributed by atoms with E-state index in [4.69, 9.17) is 21.5 Å². The lowest BCUT2D eigenvalue weighted by Gasteiger charge is -2.31. The molecule has 156 valence electrons. The molecule has 10 heteroatoms. The van der Waals surface area contributed by atoms with E-state index in [9.17, 15) is 14.4 Å². The number of esters is 1. The molecule has 4 amide bonds. The molecule has 1 atom stereocenters. The summed E-state index contributed by atoms with van der Waals surface area (Å²) in [6, 6.07) is 9.73. The van der Waals surface area contributed by atoms with Gasteiger partial charge in [0, 0.05) is 11.4 Å². The Bertz CT molecular complexity index is 1010. The first-order valence-electron chi connectivity index (χ1n) is 9.29. The molecular formula is C20H21N5O4S. The number of ether oxygens (including phenoxy) is 1. The number of nitrogens with zero attached hydrogens (tertiary/aromatic N) is 2. The van der Waals surface area contributed by atoms with Gasteiger partial charge in [-0.1, -0.05) is 18.2 Å². The molecule has 30 heavy (non-hydrogen) atoms. The maximum Gasteiger partial charge on any atom is 0.341 e. The van der Waals surface area contributed by atoms with Crippen LogP contribution in [0.15, 0.2) is 30.3 Å². The Labute approximate surface area is 177 Å². The summed E-state index contributed by atoms with van der Waals surface area (Å²) in [5, 5.41) is 11.6. The minimum atomic E-state index is -0.798. The molecule has 1 unspecified atom stereocenters. The molecule has 1 saturated heterocycles. The molecule has 0 bridgehead atoms. The van der Waals surface area contributed by atoms with Crippen LogP contribution in [0.25, 0.3) is 10.4 Å². The summed E-state index contributed by atoms with van der Waals surface area (Å²) in [5.41, 5.74) is 12.4. The number of nitriles is 1. The molecule has 1 fully saturated rings. The van der Waals surface area contributed by atoms with E-state index in [0.29, 0.717) is 24.3 Å². The van der Waals surface area contributed by atoms with Crippen molar-refractivity contribution in [1.82, 2.24) is 4.90 Å². The molecule has 2 heterocycles. The number of thiophene rings is 1. The van der Waals surface area contributed by atoms with Gasteiger partial charge in [-0.2, -0.15) is 5.26 Å². The van der Waals surface area contributed by atoms with E-state index in [2.05, 4.69) is 11.4 Å². The number of carbonyl (C=O) groups excluding carboxylic acids is 3. The Morgan fingerprint density at radius 1 is 1.30 bits per heavy atom. The summed E-state index contributed by atoms with van der Waals surface area (Å²) in [6.07, 6.45) is 1.07. The van der Waals surface area contributed by atoms with Crippen molar-refractivity contribution in [1.29, 1.82) is 5.26 Å². The van der Waals surface area contributed by atoms with Crippen LogP contribution in [-0.4, -0.2) is 42.1 Å². The van der Waals surface area contributed by atoms with Gasteiger partial charge in [0.2, 0.25) is 0 Å². The van der Waals surface area contributed by atoms with Gasteiger partial charge in [-0.3, -0.25) is 5.32 Å². The minimum absolute atomic E-state index is 0.177. The molecule has 0 radical (unpaired) electrons. The van der Waals surface area contributed by atoms with E-state index in [1.54, 1.807) is 6.07 Å². The lowest BCUT2D eigenvalue weighted by molar-refractivity contribution is 0.0129. The molecule has 1 aromatic carbocycles. The number of benzene rings is 1. The highest BCUT2D eigenvalue weighted by Crippen LogP contribution is 2.36. The fourth-order valence-electron chi connectivity index (χ4n) is 3.26. The number of hydrogen-bond donors (Lipinski definition) is 3. The van der Waals surface area contributed by atoms with Gasteiger partial charge in [-0.05, 0) is 36.1 Å². The first kappa shape index (κ1) is 21.1. The van der Waals surface area contributed by atoms with Crippen LogP contribution < -0.4 is 16.8 Å². The first-order valence-corrected chi connectivity index (χ1v) is 10.1. The van der Waals surface area contributed by atoms with E-state index in [-0.39, 0.29) is 23.5 Å². The Kier molecular flexibility index (Phi) is 6.54. The zero-order valence-corrected chi connectivity index (χ0v) is 16.9. The first-order chi connectivity index (χ1) is 14.4. The predicted molar refractivity (Wildman–Crippen MR) is 112 cm³/mol. The molecule has 9 nitrogen and oxygen atoms in total. The summed E-state index contributed by atoms with van der Waals surface area (Å²) < 4.78 is 5.57. The van der Waals surface area contributed by atoms with Crippen molar-refractivity contribution in [3.63, 3.8) is 0 Å². The van der Waals surface area contributed by atoms with Gasteiger partial charge >= 0.3 is 18.0 Å². The Balaban J connectivity index is 1.85. The highest BCUT2D eigenvalue weighted by Gasteiger charge is 2.27. The van der Waals surface area contributed by atoms with E-state index < -0.39 is 24.1 Å². The number of nitrogens with one attached hydrogen (secondary N) is 1. The van der Waals surface area contributed by atoms with Gasteiger partial charge in [-0.15, -0.1) is 11.3 Å². The molecule has 0 saturated carbocycles. The third-order valence-electron chi connectivity index (χ3n) is 4.65. The van der Waals surface area contributed by atoms with Crippen LogP contribution in [0.5, 0.6) is 0 Å². The van der Waals surface area contributed by atoms with Gasteiger partial charge in [0.25, 0.3) is 0 Å². The van der Waals surface area contributed by atoms with Crippen LogP contribution in [0.2, 0.25) is 0 Å². The molecular weight excluding hydrogens is 406 g/mol. The molecule has 1 aliphatic heterocycles. The van der Waals surface area contributed by atoms with Crippen LogP contribution in [0, 0.1) is 11.3 Å². The molecule has 2 aromatic rings. The second-order valence-electron chi connectivity index (χ2n) is 6.83. The number of carbonyl (C=O) groups is 3. The summed E-state index contributed by atoms with van der Waals surface area (Å²) in [6.45, 7) is 0.756. The van der Waals surface area contributed by atoms with Crippen molar-refractivity contribution in [2.24, 2.45) is 11.5 Å². The van der Waals surface area contributed by atoms with Gasteiger partial charge in [-0.25, -0.2) is 14.4 Å². The smallest absolute Gasteiger partial charge is 0.341 e. The summed E-state index contributed by atoms with van der Waals surface area (Å²) in [4.78, 5) is 37.8. The zero-order valence-electron chi connectivity index (χ0n) is 16.1. The third-order valence-corrected chi connectivity index (χ3v) is 5.75. The summed E-state index contributed by atoms with van der Waals surface area (Å²) >= 11 is 1.18. The number of nitrogens with two attached hydrogens (primary N) is 2. The number of likely N-dealkylation sites (tertiary alicyclic amines) is 1. The lowest BCUT2D eigenvalue weighted by atomic mass is 10.1. The van der Waals surface area contributed by atoms with E-state index in [0.717, 1.165) is 11.1 Å². The topological polar surface area (TPSA) is 152 Å². The standard InChI is InChI=1S/C20H21N5O4S/c21-7-6-12-3-1-4-13(9-12)16-10-15(17(30-16)24-19(22)27)18(26)29-14-5-2-8-25(11-14)20(23)28/h1,3-4,9-10,14H,2,5-6,8,11H2,(H2,23,28)(H3,22,24,27). The Morgan fingerprint density at radius 3 is 2.80 bits per heavy atom. The monoisotopic (exact) mass is 427 g/mol. The van der Waals surface area contributed by atoms with Crippen LogP contribution in [0.3, 0.4) is 0 Å². The molecule has 5 N–H and O–H groups in total. The van der Waals surface area contributed by atoms with Crippen LogP contribution in [0.4, 0.5) is 14.6 Å². The number of piperidine rings is 1. The normalized spacial score (nSPS) is 15.8. The average Bonchev–Trinajstić information content (AvgIpc) is 3.12. The fraction of sp³-hybridized carbons (Fsp3) is 0.300. The van der Waals surface area contributed by atoms with Crippen LogP contribution in [0.1, 0.15) is 28.8 Å². The van der Waals surface area contributed by atoms with Crippen LogP contribution in [-0.2, 0) is 11.2 Å². The summed E-state index contributed by atoms with van der Waals surface area (Å²) in [5.74, 6) is -0.620. The Morgan fingerprint density at radius 2 is 2.10 bits per heavy atom. The second kappa shape index (κ2) is 9.28. The predicted octanol–water partition coefficient (Wildman–Crippen LogP) is 2.67. The quantitative estimate of drug-likeness (QED) is 0.627. The van der Waals surface area contributed by atoms with Crippen molar-refractivity contribution >= 4 is 34.4 Å². The van der Waals surface area contributed by atoms with Gasteiger partial charge in [0.15, 0.2) is 0 Å². The molecule has 0 spiro atoms. The van der Waals surface area contributed by atoms with Gasteiger partial charge in [0.05, 0.1) is 24.6 Å². The number of anilines is 1. The molecule has 0 aliphatic carbocycles. The SMILES string of the molecule is N#CCc1cccc(-c2cc(C(=O)OC3CCCN(C(N)=O)C3)c(NC(N)=O)s2)c1. The maximum atomic E-state index is 12.8. The van der Waals surface area contributed by atoms with Crippen LogP contribution >= 0.6 is 11.3 Å². The molecule has 1 aliphatic rings. The third kappa shape index (κ3) is 5.07. The summed E-state index contributed by atoms with van der Waals surface area (Å²) in [7, 11) is 0. The van der Waals surface area contributed by atoms with Crippen molar-refractivity contribution < 1.29 is 19.1 Å². The molecule has 1 aromatic heterocycles. The largest absolute Gasteiger partial charge is 0.457 e. The number of urea groups is 2. The van der Waals surface area contributed by atoms with Crippen molar-refractivity contribution in [3.8, 4) is 16.5 Å². The van der Waals surface area contributed by atoms with E-state index in [1.807, 2.05) is 24.3 Å². The highest BCUT2D eigenvalue weighted by atomic mass is 32.1. The number of rotatable bonds is 5. The van der Waals surface area contributed by atoms with E-state index >= 15 is 0 Å². The highest BCUT2D eigenvalue weighted by molar-refractivity contribution is 7.20. The zero-order chi connectivity index (χ0) is 21.7. The number of primary amides is 2. The minimum Gasteiger partial charge on any atom is -0.457 e. The fourth-order valence-corrected chi connectivity index (χ4v) is 4.31. The maximum absolute atomic E-state index is 12.8. The van der Waals surface area contributed by atoms with Gasteiger partial charge < -0.3 is 21.1 Å². The van der Waals surface area contributed by atoms with Gasteiger partial charge in [0.1, 0.15) is 11.1 Å². The van der Waals surface area contributed by atoms with E-state index in [1.165, 1.54) is 16.2 Å². The molecule has 3 rings (SSSR count). The average molecular weight is 427 g/mol. The second-order valence-corrected chi connectivity index (χ2v) is 7.88. The lowest BCUT2D eigenvalue weighted by Crippen LogP contribution is -2.46.